The Morgan fingerprint density at radius 2 is 1.24 bits per heavy atom. The number of fused-ring (bicyclic) bond motifs is 2. The van der Waals surface area contributed by atoms with E-state index in [-0.39, 0.29) is 19.0 Å². The zero-order valence-corrected chi connectivity index (χ0v) is 42.9. The van der Waals surface area contributed by atoms with Crippen LogP contribution >= 0.6 is 0 Å². The molecule has 0 spiro atoms. The number of benzene rings is 2. The average molecular weight is 993 g/mol. The van der Waals surface area contributed by atoms with Gasteiger partial charge in [-0.15, -0.1) is 0 Å². The zero-order chi connectivity index (χ0) is 51.6. The molecule has 6 aromatic rings. The summed E-state index contributed by atoms with van der Waals surface area (Å²) in [4.78, 5) is 51.3. The molecule has 72 heavy (non-hydrogen) atoms. The molecule has 2 aliphatic rings. The molecule has 0 radical (unpaired) electrons. The number of anilines is 5. The second-order valence-electron chi connectivity index (χ2n) is 19.2. The minimum atomic E-state index is -0.607. The van der Waals surface area contributed by atoms with Crippen molar-refractivity contribution in [1.82, 2.24) is 44.5 Å². The van der Waals surface area contributed by atoms with E-state index in [9.17, 15) is 14.4 Å². The van der Waals surface area contributed by atoms with Gasteiger partial charge in [-0.2, -0.15) is 39.2 Å². The van der Waals surface area contributed by atoms with Crippen molar-refractivity contribution in [2.24, 2.45) is 0 Å². The lowest BCUT2D eigenvalue weighted by atomic mass is 10.0. The van der Waals surface area contributed by atoms with Crippen LogP contribution < -0.4 is 32.3 Å². The minimum absolute atomic E-state index is 0.168. The molecule has 21 heteroatoms. The molecule has 7 N–H and O–H groups in total. The van der Waals surface area contributed by atoms with E-state index in [4.69, 9.17) is 39.9 Å². The lowest BCUT2D eigenvalue weighted by molar-refractivity contribution is -0.129. The summed E-state index contributed by atoms with van der Waals surface area (Å²) in [5, 5.41) is 25.1. The van der Waals surface area contributed by atoms with Crippen molar-refractivity contribution >= 4 is 59.1 Å². The highest BCUT2D eigenvalue weighted by molar-refractivity contribution is 5.80. The van der Waals surface area contributed by atoms with Gasteiger partial charge in [0.05, 0.1) is 12.4 Å². The molecule has 2 saturated heterocycles. The largest absolute Gasteiger partial charge is 0.446 e. The molecule has 0 aliphatic carbocycles. The van der Waals surface area contributed by atoms with Gasteiger partial charge in [-0.1, -0.05) is 71.0 Å². The first kappa shape index (κ1) is 54.2. The number of hydrogen-bond donors (Lipinski definition) is 6. The Hall–Kier alpha value is -7.13. The first-order valence-electron chi connectivity index (χ1n) is 24.7. The molecule has 8 rings (SSSR count). The van der Waals surface area contributed by atoms with Crippen LogP contribution in [-0.2, 0) is 48.0 Å². The third-order valence-corrected chi connectivity index (χ3v) is 11.5. The minimum Gasteiger partial charge on any atom is -0.446 e. The predicted molar refractivity (Wildman–Crippen MR) is 277 cm³/mol. The zero-order valence-electron chi connectivity index (χ0n) is 42.9. The second-order valence-corrected chi connectivity index (χ2v) is 19.2. The Morgan fingerprint density at radius 1 is 0.750 bits per heavy atom. The number of amides is 1. The molecule has 2 aromatic carbocycles. The Balaban J connectivity index is 0.000000194. The van der Waals surface area contributed by atoms with Gasteiger partial charge in [0.15, 0.2) is 18.0 Å². The van der Waals surface area contributed by atoms with Gasteiger partial charge < -0.3 is 45.9 Å². The number of rotatable bonds is 18. The van der Waals surface area contributed by atoms with Gasteiger partial charge in [-0.05, 0) is 87.1 Å². The Kier molecular flexibility index (Phi) is 19.8. The molecule has 21 nitrogen and oxygen atoms in total. The molecule has 2 fully saturated rings. The van der Waals surface area contributed by atoms with Crippen molar-refractivity contribution in [2.45, 2.75) is 137 Å². The lowest BCUT2D eigenvalue weighted by Crippen LogP contribution is -2.33. The molecule has 0 bridgehead atoms. The van der Waals surface area contributed by atoms with Crippen molar-refractivity contribution in [1.29, 1.82) is 0 Å². The number of Topliss-reactive ketones (excluding diaryl/α,β-unsaturated/α-hetero) is 1. The highest BCUT2D eigenvalue weighted by atomic mass is 16.6. The number of nitrogens with one attached hydrogen (secondary N) is 5. The maximum absolute atomic E-state index is 11.8. The summed E-state index contributed by atoms with van der Waals surface area (Å²) in [7, 11) is 0. The summed E-state index contributed by atoms with van der Waals surface area (Å²) in [6.07, 6.45) is 7.96. The van der Waals surface area contributed by atoms with Crippen LogP contribution in [0, 0.1) is 0 Å². The number of hydrogen-bond acceptors (Lipinski definition) is 18. The van der Waals surface area contributed by atoms with Crippen molar-refractivity contribution in [3.05, 3.63) is 88.7 Å². The maximum atomic E-state index is 11.8. The number of nitrogens with zero attached hydrogens (tertiary/aromatic N) is 8. The highest BCUT2D eigenvalue weighted by Crippen LogP contribution is 2.25. The number of nitrogen functional groups attached to an aromatic ring is 1. The van der Waals surface area contributed by atoms with Crippen LogP contribution in [0.5, 0.6) is 0 Å². The van der Waals surface area contributed by atoms with Crippen molar-refractivity contribution in [3.63, 3.8) is 0 Å². The summed E-state index contributed by atoms with van der Waals surface area (Å²) < 4.78 is 23.5. The van der Waals surface area contributed by atoms with Gasteiger partial charge >= 0.3 is 6.09 Å². The summed E-state index contributed by atoms with van der Waals surface area (Å²) in [6.45, 7) is 20.0. The van der Waals surface area contributed by atoms with Crippen molar-refractivity contribution in [2.75, 3.05) is 60.2 Å². The third-order valence-electron chi connectivity index (χ3n) is 11.5. The fraction of sp³-hybridized carbons (Fsp3) is 0.510. The molecule has 4 aromatic heterocycles. The van der Waals surface area contributed by atoms with E-state index in [1.165, 1.54) is 0 Å². The van der Waals surface area contributed by atoms with Gasteiger partial charge in [0, 0.05) is 81.3 Å². The number of ether oxygens (including phenoxy) is 4. The van der Waals surface area contributed by atoms with Crippen LogP contribution in [0.15, 0.2) is 60.9 Å². The molecule has 0 saturated carbocycles. The van der Waals surface area contributed by atoms with E-state index in [1.54, 1.807) is 29.8 Å². The number of alkyl carbamates (subject to hydrolysis) is 1. The Morgan fingerprint density at radius 3 is 1.69 bits per heavy atom. The normalized spacial score (nSPS) is 14.2. The molecular formula is C51H72N14O7. The van der Waals surface area contributed by atoms with Crippen molar-refractivity contribution in [3.8, 4) is 0 Å². The summed E-state index contributed by atoms with van der Waals surface area (Å²) >= 11 is 0. The van der Waals surface area contributed by atoms with Gasteiger partial charge in [-0.25, -0.2) is 4.79 Å². The van der Waals surface area contributed by atoms with Crippen LogP contribution in [-0.4, -0.2) is 108 Å². The number of nitrogens with two attached hydrogens (primary N) is 1. The molecule has 388 valence electrons. The monoisotopic (exact) mass is 993 g/mol. The van der Waals surface area contributed by atoms with Gasteiger partial charge in [0.2, 0.25) is 23.8 Å². The summed E-state index contributed by atoms with van der Waals surface area (Å²) in [5.74, 6) is 3.41. The van der Waals surface area contributed by atoms with E-state index < -0.39 is 11.7 Å². The third kappa shape index (κ3) is 16.5. The first-order valence-corrected chi connectivity index (χ1v) is 24.7. The van der Waals surface area contributed by atoms with E-state index >= 15 is 0 Å². The topological polar surface area (TPSA) is 260 Å². The standard InChI is InChI=1S/C24H32N6O2.C20H27N7O.C7H13NO4/c1-4-20(31)13-17-6-5-7-18(12-17)14-25-24-29-23(27-19-8-10-32-11-9-19)28-22-21(16(2)3)15-26-30(22)24;1-13(2)17-12-23-27-18(17)25-19(24-16-6-8-28-9-7-16)26-20(27)22-11-14-4-3-5-15(21)10-14;1-7(2,3)12-6(10)8-4-11-5-9/h5-7,12,15-16,19H,4,8-11,13-14H2,1-3H3,(H2,25,27,28,29);3-5,10,12-13,16H,6-9,11,21H2,1-2H3,(H2,22,24,25,26);5H,4H2,1-3H3,(H,8,10). The second kappa shape index (κ2) is 26.4. The van der Waals surface area contributed by atoms with Gasteiger partial charge in [0.1, 0.15) is 11.4 Å². The predicted octanol–water partition coefficient (Wildman–Crippen LogP) is 7.65. The van der Waals surface area contributed by atoms with Crippen LogP contribution in [0.1, 0.15) is 127 Å². The lowest BCUT2D eigenvalue weighted by Gasteiger charge is -2.23. The molecule has 6 heterocycles. The average Bonchev–Trinajstić information content (AvgIpc) is 3.99. The molecule has 0 atom stereocenters. The molecule has 2 aliphatic heterocycles. The fourth-order valence-corrected chi connectivity index (χ4v) is 7.73. The van der Waals surface area contributed by atoms with Crippen LogP contribution in [0.2, 0.25) is 0 Å². The number of ketones is 1. The molecule has 0 unspecified atom stereocenters. The SMILES string of the molecule is CC(C)(C)OC(=O)NCOC=O.CC(C)c1cnn2c(NCc3cccc(N)c3)nc(NC3CCOCC3)nc12.CCC(=O)Cc1cccc(CNc2nc(NC3CCOCC3)nc3c(C(C)C)cnn23)c1. The Bertz CT molecular complexity index is 2690. The molecular weight excluding hydrogens is 921 g/mol. The molecule has 1 amide bonds. The van der Waals surface area contributed by atoms with E-state index in [2.05, 4.69) is 81.3 Å². The van der Waals surface area contributed by atoms with Gasteiger partial charge in [0.25, 0.3) is 6.47 Å². The first-order chi connectivity index (χ1) is 34.6. The van der Waals surface area contributed by atoms with E-state index in [1.807, 2.05) is 55.7 Å². The van der Waals surface area contributed by atoms with E-state index in [0.29, 0.717) is 73.6 Å². The smallest absolute Gasteiger partial charge is 0.410 e. The Labute approximate surface area is 421 Å². The number of carbonyl (C=O) groups is 3. The highest BCUT2D eigenvalue weighted by Gasteiger charge is 2.21. The fourth-order valence-electron chi connectivity index (χ4n) is 7.73. The summed E-state index contributed by atoms with van der Waals surface area (Å²) in [6, 6.07) is 16.6. The van der Waals surface area contributed by atoms with E-state index in [0.717, 1.165) is 96.9 Å². The van der Waals surface area contributed by atoms with Crippen LogP contribution in [0.25, 0.3) is 11.3 Å². The summed E-state index contributed by atoms with van der Waals surface area (Å²) in [5.41, 5.74) is 13.1. The van der Waals surface area contributed by atoms with Crippen LogP contribution in [0.3, 0.4) is 0 Å². The van der Waals surface area contributed by atoms with Gasteiger partial charge in [-0.3, -0.25) is 14.9 Å². The van der Waals surface area contributed by atoms with Crippen molar-refractivity contribution < 1.29 is 33.3 Å². The number of carbonyl (C=O) groups excluding carboxylic acids is 3. The van der Waals surface area contributed by atoms with Crippen LogP contribution in [0.4, 0.5) is 34.3 Å². The number of aromatic nitrogens is 8. The quantitative estimate of drug-likeness (QED) is 0.0209. The maximum Gasteiger partial charge on any atom is 0.410 e.